The van der Waals surface area contributed by atoms with Crippen molar-refractivity contribution in [3.63, 3.8) is 0 Å². The van der Waals surface area contributed by atoms with Gasteiger partial charge < -0.3 is 0 Å². The normalized spacial score (nSPS) is 40.9. The Kier molecular flexibility index (Phi) is 2.85. The summed E-state index contributed by atoms with van der Waals surface area (Å²) < 4.78 is 76.7. The molecule has 0 amide bonds. The molecule has 1 heterocycles. The molecule has 0 unspecified atom stereocenters. The molecule has 2 rings (SSSR count). The van der Waals surface area contributed by atoms with E-state index in [2.05, 4.69) is 0 Å². The number of piperidine rings is 1. The molecule has 2 bridgehead atoms. The fourth-order valence-electron chi connectivity index (χ4n) is 2.67. The number of hydrogen-bond donors (Lipinski definition) is 1. The van der Waals surface area contributed by atoms with E-state index in [9.17, 15) is 26.3 Å². The van der Waals surface area contributed by atoms with Crippen LogP contribution in [0.5, 0.6) is 0 Å². The molecule has 0 aromatic carbocycles. The van der Waals surface area contributed by atoms with Crippen molar-refractivity contribution in [1.29, 1.82) is 0 Å². The third kappa shape index (κ3) is 1.58. The number of hydrogen-bond acceptors (Lipinski definition) is 1. The third-order valence-electron chi connectivity index (χ3n) is 3.44. The van der Waals surface area contributed by atoms with Crippen LogP contribution in [0.15, 0.2) is 0 Å². The van der Waals surface area contributed by atoms with E-state index in [-0.39, 0.29) is 0 Å². The minimum atomic E-state index is -5.45. The van der Waals surface area contributed by atoms with Gasteiger partial charge in [-0.25, -0.2) is 0 Å². The predicted molar refractivity (Wildman–Crippen MR) is 49.2 cm³/mol. The topological polar surface area (TPSA) is 12.0 Å². The van der Waals surface area contributed by atoms with Gasteiger partial charge in [0, 0.05) is 12.0 Å². The van der Waals surface area contributed by atoms with Crippen molar-refractivity contribution >= 4 is 23.2 Å². The van der Waals surface area contributed by atoms with Crippen LogP contribution in [-0.4, -0.2) is 34.7 Å². The molecule has 4 atom stereocenters. The van der Waals surface area contributed by atoms with E-state index in [4.69, 9.17) is 23.2 Å². The molecule has 1 nitrogen and oxygen atoms in total. The van der Waals surface area contributed by atoms with Gasteiger partial charge in [-0.05, 0) is 6.42 Å². The summed E-state index contributed by atoms with van der Waals surface area (Å²) in [7, 11) is 0. The number of rotatable bonds is 0. The van der Waals surface area contributed by atoms with Crippen LogP contribution in [0.4, 0.5) is 26.3 Å². The summed E-state index contributed by atoms with van der Waals surface area (Å²) in [6.45, 7) is 0. The Labute approximate surface area is 102 Å². The van der Waals surface area contributed by atoms with E-state index in [1.54, 1.807) is 5.32 Å². The predicted octanol–water partition coefficient (Wildman–Crippen LogP) is 3.06. The van der Waals surface area contributed by atoms with Crippen LogP contribution in [0.1, 0.15) is 6.42 Å². The summed E-state index contributed by atoms with van der Waals surface area (Å²) in [5, 5.41) is -0.499. The summed E-state index contributed by atoms with van der Waals surface area (Å²) in [5.41, 5.74) is -3.93. The van der Waals surface area contributed by atoms with Gasteiger partial charge >= 0.3 is 12.4 Å². The third-order valence-corrected chi connectivity index (χ3v) is 4.47. The van der Waals surface area contributed by atoms with Gasteiger partial charge in [0.05, 0.1) is 10.8 Å². The Hall–Kier alpha value is 0.120. The minimum absolute atomic E-state index is 0.396. The number of halogens is 8. The highest BCUT2D eigenvalue weighted by atomic mass is 35.5. The molecule has 0 aromatic rings. The fourth-order valence-corrected chi connectivity index (χ4v) is 3.69. The van der Waals surface area contributed by atoms with Gasteiger partial charge in [-0.3, -0.25) is 5.32 Å². The highest BCUT2D eigenvalue weighted by Gasteiger charge is 2.81. The first-order valence-electron chi connectivity index (χ1n) is 4.71. The number of fused-ring (bicyclic) bond motifs is 2. The maximum absolute atomic E-state index is 12.8. The van der Waals surface area contributed by atoms with Gasteiger partial charge in [-0.1, -0.05) is 0 Å². The molecule has 0 radical (unpaired) electrons. The van der Waals surface area contributed by atoms with Gasteiger partial charge in [0.2, 0.25) is 5.54 Å². The molecule has 1 aliphatic heterocycles. The van der Waals surface area contributed by atoms with Crippen LogP contribution >= 0.6 is 23.2 Å². The van der Waals surface area contributed by atoms with Crippen molar-refractivity contribution in [1.82, 2.24) is 5.32 Å². The zero-order chi connectivity index (χ0) is 13.2. The SMILES string of the molecule is FC(F)(F)C1(C(F)(F)F)N[C@@H]2[C@@H](Cl)[C@@H]1C[C@H]2Cl. The van der Waals surface area contributed by atoms with Gasteiger partial charge in [-0.2, -0.15) is 26.3 Å². The van der Waals surface area contributed by atoms with Crippen LogP contribution in [0, 0.1) is 5.92 Å². The van der Waals surface area contributed by atoms with E-state index in [0.29, 0.717) is 0 Å². The quantitative estimate of drug-likeness (QED) is 0.536. The number of alkyl halides is 8. The smallest absolute Gasteiger partial charge is 0.290 e. The largest absolute Gasteiger partial charge is 0.415 e. The summed E-state index contributed by atoms with van der Waals surface area (Å²) in [6.07, 6.45) is -11.3. The molecule has 17 heavy (non-hydrogen) atoms. The molecule has 0 aromatic heterocycles. The second-order valence-electron chi connectivity index (χ2n) is 4.28. The highest BCUT2D eigenvalue weighted by Crippen LogP contribution is 2.59. The van der Waals surface area contributed by atoms with E-state index < -0.39 is 47.0 Å². The van der Waals surface area contributed by atoms with E-state index in [0.717, 1.165) is 0 Å². The molecular formula is C8H7Cl2F6N. The molecule has 1 saturated carbocycles. The van der Waals surface area contributed by atoms with Crippen LogP contribution < -0.4 is 5.32 Å². The summed E-state index contributed by atoms with van der Waals surface area (Å²) in [6, 6.07) is -1.17. The van der Waals surface area contributed by atoms with E-state index in [1.165, 1.54) is 0 Å². The van der Waals surface area contributed by atoms with E-state index >= 15 is 0 Å². The first-order valence-corrected chi connectivity index (χ1v) is 5.59. The molecule has 1 saturated heterocycles. The van der Waals surface area contributed by atoms with Crippen molar-refractivity contribution in [3.8, 4) is 0 Å². The van der Waals surface area contributed by atoms with Crippen LogP contribution in [0.2, 0.25) is 0 Å². The standard InChI is InChI=1S/C8H7Cl2F6N/c9-3-1-2-4(10)5(3)17-6(2,7(11,12)13)8(14,15)16/h2-5,17H,1H2/t2-,3+,4-,5-/m0/s1. The second-order valence-corrected chi connectivity index (χ2v) is 5.34. The van der Waals surface area contributed by atoms with Crippen molar-refractivity contribution in [3.05, 3.63) is 0 Å². The van der Waals surface area contributed by atoms with Gasteiger partial charge in [0.15, 0.2) is 0 Å². The highest BCUT2D eigenvalue weighted by molar-refractivity contribution is 6.26. The summed E-state index contributed by atoms with van der Waals surface area (Å²) in [5.74, 6) is -1.78. The number of nitrogens with one attached hydrogen (secondary N) is 1. The second kappa shape index (κ2) is 3.57. The molecular weight excluding hydrogens is 295 g/mol. The molecule has 100 valence electrons. The molecule has 9 heteroatoms. The van der Waals surface area contributed by atoms with Crippen LogP contribution in [0.3, 0.4) is 0 Å². The zero-order valence-electron chi connectivity index (χ0n) is 8.04. The van der Waals surface area contributed by atoms with Crippen molar-refractivity contribution in [2.45, 2.75) is 41.1 Å². The Morgan fingerprint density at radius 3 is 1.71 bits per heavy atom. The minimum Gasteiger partial charge on any atom is -0.290 e. The lowest BCUT2D eigenvalue weighted by Gasteiger charge is -2.41. The maximum atomic E-state index is 12.8. The first-order chi connectivity index (χ1) is 7.52. The van der Waals surface area contributed by atoms with Crippen LogP contribution in [0.25, 0.3) is 0 Å². The van der Waals surface area contributed by atoms with Gasteiger partial charge in [0.1, 0.15) is 0 Å². The molecule has 2 aliphatic rings. The average Bonchev–Trinajstić information content (AvgIpc) is 2.53. The zero-order valence-corrected chi connectivity index (χ0v) is 9.55. The lowest BCUT2D eigenvalue weighted by Crippen LogP contribution is -2.70. The van der Waals surface area contributed by atoms with Gasteiger partial charge in [-0.15, -0.1) is 23.2 Å². The van der Waals surface area contributed by atoms with Crippen molar-refractivity contribution < 1.29 is 26.3 Å². The Bertz CT molecular complexity index is 313. The Balaban J connectivity index is 2.48. The molecule has 1 N–H and O–H groups in total. The molecule has 2 fully saturated rings. The van der Waals surface area contributed by atoms with E-state index in [1.807, 2.05) is 0 Å². The summed E-state index contributed by atoms with van der Waals surface area (Å²) >= 11 is 11.3. The molecule has 1 aliphatic carbocycles. The van der Waals surface area contributed by atoms with Crippen molar-refractivity contribution in [2.24, 2.45) is 5.92 Å². The van der Waals surface area contributed by atoms with Crippen LogP contribution in [-0.2, 0) is 0 Å². The lowest BCUT2D eigenvalue weighted by atomic mass is 9.82. The first kappa shape index (κ1) is 13.5. The monoisotopic (exact) mass is 301 g/mol. The molecule has 0 spiro atoms. The Morgan fingerprint density at radius 2 is 1.47 bits per heavy atom. The Morgan fingerprint density at radius 1 is 1.00 bits per heavy atom. The maximum Gasteiger partial charge on any atom is 0.415 e. The van der Waals surface area contributed by atoms with Gasteiger partial charge in [0.25, 0.3) is 0 Å². The average molecular weight is 302 g/mol. The lowest BCUT2D eigenvalue weighted by molar-refractivity contribution is -0.318. The fraction of sp³-hybridized carbons (Fsp3) is 1.00. The summed E-state index contributed by atoms with van der Waals surface area (Å²) in [4.78, 5) is 0. The van der Waals surface area contributed by atoms with Crippen molar-refractivity contribution in [2.75, 3.05) is 0 Å².